The summed E-state index contributed by atoms with van der Waals surface area (Å²) in [6.07, 6.45) is 2.49. The summed E-state index contributed by atoms with van der Waals surface area (Å²) in [6, 6.07) is 6.02. The number of hydrogen-bond acceptors (Lipinski definition) is 4. The molecule has 0 bridgehead atoms. The monoisotopic (exact) mass is 235 g/mol. The molecule has 0 radical (unpaired) electrons. The molecule has 1 saturated heterocycles. The van der Waals surface area contributed by atoms with E-state index in [0.717, 1.165) is 45.0 Å². The van der Waals surface area contributed by atoms with Crippen LogP contribution in [0.25, 0.3) is 0 Å². The minimum atomic E-state index is -0.184. The van der Waals surface area contributed by atoms with E-state index in [2.05, 4.69) is 20.9 Å². The molecule has 4 heteroatoms. The van der Waals surface area contributed by atoms with Gasteiger partial charge in [-0.3, -0.25) is 4.90 Å². The molecule has 1 fully saturated rings. The van der Waals surface area contributed by atoms with E-state index >= 15 is 0 Å². The van der Waals surface area contributed by atoms with Crippen LogP contribution in [0.5, 0.6) is 0 Å². The third kappa shape index (κ3) is 3.41. The lowest BCUT2D eigenvalue weighted by Crippen LogP contribution is -2.48. The zero-order valence-electron chi connectivity index (χ0n) is 10.4. The minimum Gasteiger partial charge on any atom is -0.392 e. The van der Waals surface area contributed by atoms with Crippen LogP contribution in [-0.4, -0.2) is 53.8 Å². The SMILES string of the molecule is CCC(O)CN1CCN(c2ccccn2)CC1. The van der Waals surface area contributed by atoms with E-state index in [0.29, 0.717) is 0 Å². The maximum atomic E-state index is 9.63. The van der Waals surface area contributed by atoms with Gasteiger partial charge in [-0.2, -0.15) is 0 Å². The molecule has 0 aromatic carbocycles. The Morgan fingerprint density at radius 1 is 1.29 bits per heavy atom. The second-order valence-corrected chi connectivity index (χ2v) is 4.54. The summed E-state index contributed by atoms with van der Waals surface area (Å²) in [5, 5.41) is 9.63. The fourth-order valence-electron chi connectivity index (χ4n) is 2.13. The van der Waals surface area contributed by atoms with Crippen molar-refractivity contribution in [1.29, 1.82) is 0 Å². The highest BCUT2D eigenvalue weighted by Crippen LogP contribution is 2.12. The van der Waals surface area contributed by atoms with Gasteiger partial charge in [0.2, 0.25) is 0 Å². The van der Waals surface area contributed by atoms with Gasteiger partial charge in [0.25, 0.3) is 0 Å². The Bertz CT molecular complexity index is 323. The van der Waals surface area contributed by atoms with Crippen LogP contribution in [0.4, 0.5) is 5.82 Å². The molecule has 0 aliphatic carbocycles. The van der Waals surface area contributed by atoms with Gasteiger partial charge in [-0.25, -0.2) is 4.98 Å². The fraction of sp³-hybridized carbons (Fsp3) is 0.615. The Labute approximate surface area is 103 Å². The number of aromatic nitrogens is 1. The van der Waals surface area contributed by atoms with Gasteiger partial charge in [0.1, 0.15) is 5.82 Å². The topological polar surface area (TPSA) is 39.6 Å². The zero-order chi connectivity index (χ0) is 12.1. The van der Waals surface area contributed by atoms with Crippen molar-refractivity contribution in [1.82, 2.24) is 9.88 Å². The predicted molar refractivity (Wildman–Crippen MR) is 69.2 cm³/mol. The van der Waals surface area contributed by atoms with E-state index in [1.807, 2.05) is 25.3 Å². The van der Waals surface area contributed by atoms with Crippen molar-refractivity contribution >= 4 is 5.82 Å². The van der Waals surface area contributed by atoms with Gasteiger partial charge in [0, 0.05) is 38.9 Å². The number of β-amino-alcohol motifs (C(OH)–C–C–N with tert-alkyl or cyclic N) is 1. The van der Waals surface area contributed by atoms with Crippen LogP contribution >= 0.6 is 0 Å². The van der Waals surface area contributed by atoms with Crippen LogP contribution in [0.15, 0.2) is 24.4 Å². The number of piperazine rings is 1. The summed E-state index contributed by atoms with van der Waals surface area (Å²) < 4.78 is 0. The van der Waals surface area contributed by atoms with Crippen molar-refractivity contribution in [2.45, 2.75) is 19.4 Å². The largest absolute Gasteiger partial charge is 0.392 e. The van der Waals surface area contributed by atoms with Crippen molar-refractivity contribution in [3.05, 3.63) is 24.4 Å². The van der Waals surface area contributed by atoms with Crippen LogP contribution in [0.2, 0.25) is 0 Å². The number of hydrogen-bond donors (Lipinski definition) is 1. The number of aliphatic hydroxyl groups excluding tert-OH is 1. The first-order valence-electron chi connectivity index (χ1n) is 6.36. The molecule has 1 aromatic rings. The van der Waals surface area contributed by atoms with Crippen molar-refractivity contribution in [2.24, 2.45) is 0 Å². The summed E-state index contributed by atoms with van der Waals surface area (Å²) in [5.74, 6) is 1.06. The first-order valence-corrected chi connectivity index (χ1v) is 6.36. The Balaban J connectivity index is 1.82. The third-order valence-corrected chi connectivity index (χ3v) is 3.29. The van der Waals surface area contributed by atoms with Crippen LogP contribution in [0.3, 0.4) is 0 Å². The molecule has 94 valence electrons. The van der Waals surface area contributed by atoms with Crippen molar-refractivity contribution in [3.63, 3.8) is 0 Å². The average Bonchev–Trinajstić information content (AvgIpc) is 2.40. The number of nitrogens with zero attached hydrogens (tertiary/aromatic N) is 3. The van der Waals surface area contributed by atoms with Gasteiger partial charge >= 0.3 is 0 Å². The Morgan fingerprint density at radius 2 is 2.06 bits per heavy atom. The summed E-state index contributed by atoms with van der Waals surface area (Å²) in [7, 11) is 0. The molecular weight excluding hydrogens is 214 g/mol. The van der Waals surface area contributed by atoms with Crippen LogP contribution < -0.4 is 4.90 Å². The predicted octanol–water partition coefficient (Wildman–Crippen LogP) is 0.974. The molecular formula is C13H21N3O. The van der Waals surface area contributed by atoms with Crippen LogP contribution in [0.1, 0.15) is 13.3 Å². The summed E-state index contributed by atoms with van der Waals surface area (Å²) in [5.41, 5.74) is 0. The number of anilines is 1. The lowest BCUT2D eigenvalue weighted by molar-refractivity contribution is 0.106. The first-order chi connectivity index (χ1) is 8.29. The molecule has 2 rings (SSSR count). The van der Waals surface area contributed by atoms with Gasteiger partial charge in [0.15, 0.2) is 0 Å². The molecule has 17 heavy (non-hydrogen) atoms. The third-order valence-electron chi connectivity index (χ3n) is 3.29. The standard InChI is InChI=1S/C13H21N3O/c1-2-12(17)11-15-7-9-16(10-8-15)13-5-3-4-6-14-13/h3-6,12,17H,2,7-11H2,1H3. The van der Waals surface area contributed by atoms with E-state index in [9.17, 15) is 5.11 Å². The fourth-order valence-corrected chi connectivity index (χ4v) is 2.13. The Hall–Kier alpha value is -1.13. The van der Waals surface area contributed by atoms with Gasteiger partial charge in [-0.1, -0.05) is 13.0 Å². The molecule has 4 nitrogen and oxygen atoms in total. The smallest absolute Gasteiger partial charge is 0.128 e. The maximum absolute atomic E-state index is 9.63. The molecule has 2 heterocycles. The van der Waals surface area contributed by atoms with E-state index in [1.165, 1.54) is 0 Å². The number of aliphatic hydroxyl groups is 1. The maximum Gasteiger partial charge on any atom is 0.128 e. The van der Waals surface area contributed by atoms with E-state index in [-0.39, 0.29) is 6.10 Å². The van der Waals surface area contributed by atoms with Gasteiger partial charge < -0.3 is 10.0 Å². The normalized spacial score (nSPS) is 19.3. The average molecular weight is 235 g/mol. The molecule has 1 aliphatic rings. The van der Waals surface area contributed by atoms with E-state index in [1.54, 1.807) is 0 Å². The Morgan fingerprint density at radius 3 is 2.65 bits per heavy atom. The van der Waals surface area contributed by atoms with E-state index < -0.39 is 0 Å². The van der Waals surface area contributed by atoms with E-state index in [4.69, 9.17) is 0 Å². The molecule has 0 saturated carbocycles. The first kappa shape index (κ1) is 12.3. The quantitative estimate of drug-likeness (QED) is 0.844. The molecule has 1 aliphatic heterocycles. The molecule has 0 amide bonds. The second kappa shape index (κ2) is 5.98. The van der Waals surface area contributed by atoms with Crippen LogP contribution in [0, 0.1) is 0 Å². The van der Waals surface area contributed by atoms with Gasteiger partial charge in [0.05, 0.1) is 6.10 Å². The molecule has 1 aromatic heterocycles. The highest BCUT2D eigenvalue weighted by atomic mass is 16.3. The summed E-state index contributed by atoms with van der Waals surface area (Å²) >= 11 is 0. The van der Waals surface area contributed by atoms with Gasteiger partial charge in [-0.05, 0) is 18.6 Å². The number of rotatable bonds is 4. The molecule has 0 spiro atoms. The highest BCUT2D eigenvalue weighted by Gasteiger charge is 2.19. The molecule has 1 atom stereocenters. The van der Waals surface area contributed by atoms with Crippen molar-refractivity contribution in [2.75, 3.05) is 37.6 Å². The summed E-state index contributed by atoms with van der Waals surface area (Å²) in [4.78, 5) is 8.99. The van der Waals surface area contributed by atoms with Crippen molar-refractivity contribution in [3.8, 4) is 0 Å². The zero-order valence-corrected chi connectivity index (χ0v) is 10.4. The lowest BCUT2D eigenvalue weighted by Gasteiger charge is -2.36. The number of pyridine rings is 1. The second-order valence-electron chi connectivity index (χ2n) is 4.54. The molecule has 1 N–H and O–H groups in total. The van der Waals surface area contributed by atoms with Crippen LogP contribution in [-0.2, 0) is 0 Å². The van der Waals surface area contributed by atoms with Crippen molar-refractivity contribution < 1.29 is 5.11 Å². The summed E-state index contributed by atoms with van der Waals surface area (Å²) in [6.45, 7) is 6.82. The highest BCUT2D eigenvalue weighted by molar-refractivity contribution is 5.38. The van der Waals surface area contributed by atoms with Gasteiger partial charge in [-0.15, -0.1) is 0 Å². The molecule has 1 unspecified atom stereocenters. The Kier molecular flexibility index (Phi) is 4.34. The lowest BCUT2D eigenvalue weighted by atomic mass is 10.2. The minimum absolute atomic E-state index is 0.184.